The molecule has 0 bridgehead atoms. The molecule has 1 aliphatic rings. The smallest absolute Gasteiger partial charge is 0.254 e. The van der Waals surface area contributed by atoms with Gasteiger partial charge in [0.25, 0.3) is 11.8 Å². The van der Waals surface area contributed by atoms with Gasteiger partial charge in [-0.2, -0.15) is 0 Å². The van der Waals surface area contributed by atoms with Gasteiger partial charge in [0.05, 0.1) is 0 Å². The second kappa shape index (κ2) is 7.54. The first-order chi connectivity index (χ1) is 13.9. The minimum Gasteiger partial charge on any atom is -0.360 e. The molecule has 0 spiro atoms. The molecule has 0 saturated carbocycles. The van der Waals surface area contributed by atoms with E-state index in [9.17, 15) is 14.0 Å². The molecule has 5 nitrogen and oxygen atoms in total. The van der Waals surface area contributed by atoms with Gasteiger partial charge in [0.15, 0.2) is 0 Å². The van der Waals surface area contributed by atoms with Crippen LogP contribution in [0.4, 0.5) is 4.39 Å². The summed E-state index contributed by atoms with van der Waals surface area (Å²) in [6, 6.07) is 11.5. The number of aromatic amines is 1. The van der Waals surface area contributed by atoms with E-state index in [4.69, 9.17) is 0 Å². The molecule has 0 unspecified atom stereocenters. The maximum atomic E-state index is 13.4. The lowest BCUT2D eigenvalue weighted by atomic mass is 9.98. The van der Waals surface area contributed by atoms with Crippen LogP contribution < -0.4 is 0 Å². The van der Waals surface area contributed by atoms with Crippen LogP contribution in [0.5, 0.6) is 0 Å². The zero-order chi connectivity index (χ0) is 20.5. The quantitative estimate of drug-likeness (QED) is 0.735. The minimum atomic E-state index is -0.265. The number of aromatic nitrogens is 1. The molecule has 2 aromatic carbocycles. The van der Waals surface area contributed by atoms with Gasteiger partial charge in [-0.3, -0.25) is 9.59 Å². The van der Waals surface area contributed by atoms with Gasteiger partial charge in [0.2, 0.25) is 0 Å². The Hall–Kier alpha value is -3.41. The number of H-pyrrole nitrogens is 1. The van der Waals surface area contributed by atoms with Crippen LogP contribution in [-0.4, -0.2) is 53.8 Å². The van der Waals surface area contributed by atoms with Crippen LogP contribution >= 0.6 is 0 Å². The SMILES string of the molecule is CN(C)C(=O)c1ccc(C(=O)N2CC=C(c3c[nH]c4cc(F)ccc34)CC2)cc1. The van der Waals surface area contributed by atoms with Crippen molar-refractivity contribution in [3.05, 3.63) is 77.2 Å². The highest BCUT2D eigenvalue weighted by molar-refractivity contribution is 5.98. The van der Waals surface area contributed by atoms with Gasteiger partial charge in [-0.25, -0.2) is 4.39 Å². The Morgan fingerprint density at radius 2 is 1.79 bits per heavy atom. The van der Waals surface area contributed by atoms with Crippen LogP contribution in [0.25, 0.3) is 16.5 Å². The Kier molecular flexibility index (Phi) is 4.92. The van der Waals surface area contributed by atoms with Crippen LogP contribution in [0, 0.1) is 5.82 Å². The van der Waals surface area contributed by atoms with Gasteiger partial charge in [-0.1, -0.05) is 6.08 Å². The molecule has 0 saturated heterocycles. The first-order valence-corrected chi connectivity index (χ1v) is 9.51. The van der Waals surface area contributed by atoms with Crippen LogP contribution in [0.3, 0.4) is 0 Å². The molecule has 6 heteroatoms. The summed E-state index contributed by atoms with van der Waals surface area (Å²) in [7, 11) is 3.40. The number of carbonyl (C=O) groups is 2. The maximum Gasteiger partial charge on any atom is 0.254 e. The largest absolute Gasteiger partial charge is 0.360 e. The number of nitrogens with one attached hydrogen (secondary N) is 1. The number of carbonyl (C=O) groups excluding carboxylic acids is 2. The van der Waals surface area contributed by atoms with Crippen molar-refractivity contribution in [3.8, 4) is 0 Å². The van der Waals surface area contributed by atoms with Crippen LogP contribution in [0.15, 0.2) is 54.7 Å². The van der Waals surface area contributed by atoms with E-state index >= 15 is 0 Å². The van der Waals surface area contributed by atoms with Gasteiger partial charge < -0.3 is 14.8 Å². The van der Waals surface area contributed by atoms with Crippen molar-refractivity contribution in [3.63, 3.8) is 0 Å². The van der Waals surface area contributed by atoms with Crippen molar-refractivity contribution in [1.29, 1.82) is 0 Å². The van der Waals surface area contributed by atoms with E-state index in [1.165, 1.54) is 17.0 Å². The lowest BCUT2D eigenvalue weighted by Crippen LogP contribution is -2.34. The summed E-state index contributed by atoms with van der Waals surface area (Å²) < 4.78 is 13.4. The highest BCUT2D eigenvalue weighted by Gasteiger charge is 2.21. The lowest BCUT2D eigenvalue weighted by molar-refractivity contribution is 0.0770. The van der Waals surface area contributed by atoms with E-state index in [2.05, 4.69) is 11.1 Å². The van der Waals surface area contributed by atoms with E-state index in [1.54, 1.807) is 49.3 Å². The number of hydrogen-bond acceptors (Lipinski definition) is 2. The molecule has 2 heterocycles. The maximum absolute atomic E-state index is 13.4. The van der Waals surface area contributed by atoms with Crippen molar-refractivity contribution in [2.24, 2.45) is 0 Å². The monoisotopic (exact) mass is 391 g/mol. The Balaban J connectivity index is 1.49. The molecule has 0 atom stereocenters. The standard InChI is InChI=1S/C23H22FN3O2/c1-26(2)22(28)16-3-5-17(6-4-16)23(29)27-11-9-15(10-12-27)20-14-25-21-13-18(24)7-8-19(20)21/h3-9,13-14,25H,10-12H2,1-2H3. The summed E-state index contributed by atoms with van der Waals surface area (Å²) in [5.41, 5.74) is 4.10. The Morgan fingerprint density at radius 3 is 2.45 bits per heavy atom. The molecule has 148 valence electrons. The van der Waals surface area contributed by atoms with Crippen molar-refractivity contribution >= 4 is 28.3 Å². The zero-order valence-corrected chi connectivity index (χ0v) is 16.4. The van der Waals surface area contributed by atoms with E-state index in [0.29, 0.717) is 24.2 Å². The highest BCUT2D eigenvalue weighted by atomic mass is 19.1. The van der Waals surface area contributed by atoms with Crippen molar-refractivity contribution in [1.82, 2.24) is 14.8 Å². The topological polar surface area (TPSA) is 56.4 Å². The fourth-order valence-electron chi connectivity index (χ4n) is 3.66. The first-order valence-electron chi connectivity index (χ1n) is 9.51. The number of amides is 2. The molecule has 3 aromatic rings. The van der Waals surface area contributed by atoms with Crippen LogP contribution in [0.1, 0.15) is 32.7 Å². The molecule has 1 aliphatic heterocycles. The number of fused-ring (bicyclic) bond motifs is 1. The molecular formula is C23H22FN3O2. The molecule has 1 N–H and O–H groups in total. The number of hydrogen-bond donors (Lipinski definition) is 1. The van der Waals surface area contributed by atoms with E-state index in [0.717, 1.165) is 28.5 Å². The molecule has 4 rings (SSSR count). The summed E-state index contributed by atoms with van der Waals surface area (Å²) in [4.78, 5) is 31.2. The average molecular weight is 391 g/mol. The second-order valence-corrected chi connectivity index (χ2v) is 7.40. The third-order valence-electron chi connectivity index (χ3n) is 5.27. The van der Waals surface area contributed by atoms with Gasteiger partial charge in [-0.05, 0) is 54.5 Å². The second-order valence-electron chi connectivity index (χ2n) is 7.40. The molecule has 0 fully saturated rings. The lowest BCUT2D eigenvalue weighted by Gasteiger charge is -2.26. The number of benzene rings is 2. The van der Waals surface area contributed by atoms with Crippen LogP contribution in [0.2, 0.25) is 0 Å². The van der Waals surface area contributed by atoms with E-state index in [-0.39, 0.29) is 17.6 Å². The fourth-order valence-corrected chi connectivity index (χ4v) is 3.66. The van der Waals surface area contributed by atoms with Crippen LogP contribution in [-0.2, 0) is 0 Å². The van der Waals surface area contributed by atoms with Gasteiger partial charge in [-0.15, -0.1) is 0 Å². The van der Waals surface area contributed by atoms with E-state index < -0.39 is 0 Å². The van der Waals surface area contributed by atoms with Gasteiger partial charge in [0.1, 0.15) is 5.82 Å². The summed E-state index contributed by atoms with van der Waals surface area (Å²) in [5.74, 6) is -0.406. The first kappa shape index (κ1) is 18.9. The zero-order valence-electron chi connectivity index (χ0n) is 16.4. The molecule has 0 radical (unpaired) electrons. The molecule has 2 amide bonds. The van der Waals surface area contributed by atoms with Gasteiger partial charge >= 0.3 is 0 Å². The number of halogens is 1. The predicted octanol–water partition coefficient (Wildman–Crippen LogP) is 3.94. The highest BCUT2D eigenvalue weighted by Crippen LogP contribution is 2.30. The van der Waals surface area contributed by atoms with Gasteiger partial charge in [0, 0.05) is 61.0 Å². The normalized spacial score (nSPS) is 14.0. The summed E-state index contributed by atoms with van der Waals surface area (Å²) in [6.07, 6.45) is 4.68. The molecule has 1 aromatic heterocycles. The minimum absolute atomic E-state index is 0.0508. The number of rotatable bonds is 3. The third-order valence-corrected chi connectivity index (χ3v) is 5.27. The van der Waals surface area contributed by atoms with Crippen molar-refractivity contribution < 1.29 is 14.0 Å². The molecule has 29 heavy (non-hydrogen) atoms. The molecule has 0 aliphatic carbocycles. The Labute approximate surface area is 168 Å². The summed E-state index contributed by atoms with van der Waals surface area (Å²) in [5, 5.41) is 0.985. The van der Waals surface area contributed by atoms with E-state index in [1.807, 2.05) is 6.20 Å². The third kappa shape index (κ3) is 3.66. The molecular weight excluding hydrogens is 369 g/mol. The fraction of sp³-hybridized carbons (Fsp3) is 0.217. The van der Waals surface area contributed by atoms with Crippen molar-refractivity contribution in [2.45, 2.75) is 6.42 Å². The Morgan fingerprint density at radius 1 is 1.07 bits per heavy atom. The number of nitrogens with zero attached hydrogens (tertiary/aromatic N) is 2. The predicted molar refractivity (Wildman–Crippen MR) is 111 cm³/mol. The van der Waals surface area contributed by atoms with Crippen molar-refractivity contribution in [2.75, 3.05) is 27.2 Å². The Bertz CT molecular complexity index is 1110. The summed E-state index contributed by atoms with van der Waals surface area (Å²) >= 11 is 0. The average Bonchev–Trinajstić information content (AvgIpc) is 3.16. The summed E-state index contributed by atoms with van der Waals surface area (Å²) in [6.45, 7) is 1.12.